The Morgan fingerprint density at radius 1 is 1.05 bits per heavy atom. The molecule has 6 nitrogen and oxygen atoms in total. The number of hydrogen-bond acceptors (Lipinski definition) is 6. The van der Waals surface area contributed by atoms with Gasteiger partial charge in [-0.3, -0.25) is 9.59 Å². The van der Waals surface area contributed by atoms with E-state index in [0.717, 1.165) is 6.42 Å². The lowest BCUT2D eigenvalue weighted by molar-refractivity contribution is -0.156. The molecule has 0 N–H and O–H groups in total. The summed E-state index contributed by atoms with van der Waals surface area (Å²) in [6.07, 6.45) is 1.07. The molecular weight excluding hydrogens is 356 g/mol. The van der Waals surface area contributed by atoms with Gasteiger partial charge in [0.1, 0.15) is 11.4 Å². The van der Waals surface area contributed by atoms with Crippen molar-refractivity contribution in [2.24, 2.45) is 5.41 Å². The molecule has 1 unspecified atom stereocenters. The van der Waals surface area contributed by atoms with Gasteiger partial charge in [0.25, 0.3) is 0 Å². The summed E-state index contributed by atoms with van der Waals surface area (Å²) in [5.74, 6) is -0.721. The van der Waals surface area contributed by atoms with Crippen LogP contribution >= 0.6 is 15.9 Å². The maximum atomic E-state index is 12.1. The van der Waals surface area contributed by atoms with Gasteiger partial charge in [-0.05, 0) is 26.7 Å². The zero-order chi connectivity index (χ0) is 17.0. The Kier molecular flexibility index (Phi) is 11.5. The fraction of sp³-hybridized carbons (Fsp3) is 0.867. The third-order valence-corrected chi connectivity index (χ3v) is 3.54. The SMILES string of the molecule is CCCOC(=O)C(Br)CC(C)(C)C(=O)OCCOCCOC. The number of rotatable bonds is 12. The van der Waals surface area contributed by atoms with E-state index in [1.165, 1.54) is 0 Å². The van der Waals surface area contributed by atoms with Crippen molar-refractivity contribution < 1.29 is 28.5 Å². The monoisotopic (exact) mass is 382 g/mol. The fourth-order valence-corrected chi connectivity index (χ4v) is 2.48. The van der Waals surface area contributed by atoms with Gasteiger partial charge in [0, 0.05) is 7.11 Å². The van der Waals surface area contributed by atoms with Crippen LogP contribution in [0.4, 0.5) is 0 Å². The molecule has 0 saturated carbocycles. The summed E-state index contributed by atoms with van der Waals surface area (Å²) < 4.78 is 20.3. The normalized spacial score (nSPS) is 12.8. The molecule has 0 bridgehead atoms. The van der Waals surface area contributed by atoms with Crippen LogP contribution in [0.25, 0.3) is 0 Å². The van der Waals surface area contributed by atoms with Crippen molar-refractivity contribution in [2.75, 3.05) is 40.1 Å². The molecule has 0 spiro atoms. The average Bonchev–Trinajstić information content (AvgIpc) is 2.47. The van der Waals surface area contributed by atoms with Crippen molar-refractivity contribution in [2.45, 2.75) is 38.4 Å². The molecule has 22 heavy (non-hydrogen) atoms. The second-order valence-electron chi connectivity index (χ2n) is 5.46. The predicted molar refractivity (Wildman–Crippen MR) is 86.0 cm³/mol. The summed E-state index contributed by atoms with van der Waals surface area (Å²) in [6.45, 7) is 7.25. The smallest absolute Gasteiger partial charge is 0.319 e. The molecule has 0 aliphatic rings. The zero-order valence-electron chi connectivity index (χ0n) is 13.9. The molecule has 0 amide bonds. The third kappa shape index (κ3) is 9.38. The molecular formula is C15H27BrO6. The number of alkyl halides is 1. The van der Waals surface area contributed by atoms with Crippen molar-refractivity contribution in [1.29, 1.82) is 0 Å². The van der Waals surface area contributed by atoms with Gasteiger partial charge < -0.3 is 18.9 Å². The number of carbonyl (C=O) groups is 2. The highest BCUT2D eigenvalue weighted by atomic mass is 79.9. The molecule has 0 heterocycles. The van der Waals surface area contributed by atoms with E-state index in [0.29, 0.717) is 32.8 Å². The van der Waals surface area contributed by atoms with Gasteiger partial charge in [0.05, 0.1) is 31.8 Å². The number of esters is 2. The van der Waals surface area contributed by atoms with Gasteiger partial charge in [-0.25, -0.2) is 0 Å². The minimum atomic E-state index is -0.786. The van der Waals surface area contributed by atoms with Gasteiger partial charge in [-0.2, -0.15) is 0 Å². The fourth-order valence-electron chi connectivity index (χ4n) is 1.54. The van der Waals surface area contributed by atoms with Gasteiger partial charge in [0.2, 0.25) is 0 Å². The van der Waals surface area contributed by atoms with Crippen molar-refractivity contribution in [3.05, 3.63) is 0 Å². The molecule has 0 aromatic carbocycles. The highest BCUT2D eigenvalue weighted by Gasteiger charge is 2.34. The Morgan fingerprint density at radius 2 is 1.68 bits per heavy atom. The van der Waals surface area contributed by atoms with E-state index in [-0.39, 0.29) is 18.5 Å². The number of halogens is 1. The molecule has 0 aliphatic carbocycles. The summed E-state index contributed by atoms with van der Waals surface area (Å²) >= 11 is 3.27. The quantitative estimate of drug-likeness (QED) is 0.293. The van der Waals surface area contributed by atoms with Gasteiger partial charge >= 0.3 is 11.9 Å². The second kappa shape index (κ2) is 11.8. The van der Waals surface area contributed by atoms with Crippen LogP contribution in [0.2, 0.25) is 0 Å². The largest absolute Gasteiger partial charge is 0.465 e. The van der Waals surface area contributed by atoms with E-state index in [9.17, 15) is 9.59 Å². The molecule has 7 heteroatoms. The van der Waals surface area contributed by atoms with Crippen LogP contribution in [0.1, 0.15) is 33.6 Å². The zero-order valence-corrected chi connectivity index (χ0v) is 15.4. The van der Waals surface area contributed by atoms with Gasteiger partial charge in [-0.15, -0.1) is 0 Å². The maximum absolute atomic E-state index is 12.1. The first-order valence-electron chi connectivity index (χ1n) is 7.39. The molecule has 0 aliphatic heterocycles. The van der Waals surface area contributed by atoms with Gasteiger partial charge in [-0.1, -0.05) is 22.9 Å². The lowest BCUT2D eigenvalue weighted by Crippen LogP contribution is -2.33. The summed E-state index contributed by atoms with van der Waals surface area (Å²) in [4.78, 5) is 23.2. The van der Waals surface area contributed by atoms with E-state index >= 15 is 0 Å². The Labute approximate surface area is 140 Å². The van der Waals surface area contributed by atoms with Gasteiger partial charge in [0.15, 0.2) is 0 Å². The molecule has 0 aromatic rings. The van der Waals surface area contributed by atoms with E-state index in [1.54, 1.807) is 21.0 Å². The average molecular weight is 383 g/mol. The molecule has 0 saturated heterocycles. The maximum Gasteiger partial charge on any atom is 0.319 e. The number of ether oxygens (including phenoxy) is 4. The first-order chi connectivity index (χ1) is 10.3. The lowest BCUT2D eigenvalue weighted by Gasteiger charge is -2.24. The van der Waals surface area contributed by atoms with Crippen LogP contribution in [0.15, 0.2) is 0 Å². The first kappa shape index (κ1) is 21.3. The standard InChI is InChI=1S/C15H27BrO6/c1-5-6-21-13(17)12(16)11-15(2,3)14(18)22-10-9-20-8-7-19-4/h12H,5-11H2,1-4H3. The number of carbonyl (C=O) groups excluding carboxylic acids is 2. The van der Waals surface area contributed by atoms with Crippen molar-refractivity contribution >= 4 is 27.9 Å². The molecule has 130 valence electrons. The minimum absolute atomic E-state index is 0.180. The Morgan fingerprint density at radius 3 is 2.27 bits per heavy atom. The van der Waals surface area contributed by atoms with E-state index in [2.05, 4.69) is 15.9 Å². The number of methoxy groups -OCH3 is 1. The van der Waals surface area contributed by atoms with Crippen LogP contribution < -0.4 is 0 Å². The topological polar surface area (TPSA) is 71.1 Å². The molecule has 0 radical (unpaired) electrons. The van der Waals surface area contributed by atoms with Crippen LogP contribution in [0, 0.1) is 5.41 Å². The molecule has 1 atom stereocenters. The van der Waals surface area contributed by atoms with Crippen LogP contribution in [0.3, 0.4) is 0 Å². The Balaban J connectivity index is 4.08. The van der Waals surface area contributed by atoms with Crippen molar-refractivity contribution in [3.8, 4) is 0 Å². The highest BCUT2D eigenvalue weighted by molar-refractivity contribution is 9.10. The number of hydrogen-bond donors (Lipinski definition) is 0. The summed E-state index contributed by atoms with van der Waals surface area (Å²) in [6, 6.07) is 0. The van der Waals surface area contributed by atoms with E-state index < -0.39 is 10.2 Å². The Hall–Kier alpha value is -0.660. The minimum Gasteiger partial charge on any atom is -0.465 e. The highest BCUT2D eigenvalue weighted by Crippen LogP contribution is 2.28. The van der Waals surface area contributed by atoms with E-state index in [1.807, 2.05) is 6.92 Å². The molecule has 0 rings (SSSR count). The van der Waals surface area contributed by atoms with Crippen LogP contribution in [0.5, 0.6) is 0 Å². The lowest BCUT2D eigenvalue weighted by atomic mass is 9.88. The molecule has 0 fully saturated rings. The predicted octanol–water partition coefficient (Wildman–Crippen LogP) is 2.33. The van der Waals surface area contributed by atoms with Crippen LogP contribution in [-0.2, 0) is 28.5 Å². The third-order valence-electron chi connectivity index (χ3n) is 2.84. The first-order valence-corrected chi connectivity index (χ1v) is 8.31. The van der Waals surface area contributed by atoms with Crippen LogP contribution in [-0.4, -0.2) is 56.9 Å². The Bertz CT molecular complexity index is 332. The summed E-state index contributed by atoms with van der Waals surface area (Å²) in [7, 11) is 1.59. The van der Waals surface area contributed by atoms with Crippen molar-refractivity contribution in [3.63, 3.8) is 0 Å². The second-order valence-corrected chi connectivity index (χ2v) is 6.57. The summed E-state index contributed by atoms with van der Waals surface area (Å²) in [5.41, 5.74) is -0.786. The molecule has 0 aromatic heterocycles. The van der Waals surface area contributed by atoms with E-state index in [4.69, 9.17) is 18.9 Å². The summed E-state index contributed by atoms with van der Waals surface area (Å²) in [5, 5.41) is 0. The van der Waals surface area contributed by atoms with Crippen molar-refractivity contribution in [1.82, 2.24) is 0 Å².